The summed E-state index contributed by atoms with van der Waals surface area (Å²) in [5.74, 6) is -0.439. The van der Waals surface area contributed by atoms with Crippen molar-refractivity contribution in [2.45, 2.75) is 24.8 Å². The highest BCUT2D eigenvalue weighted by Crippen LogP contribution is 2.19. The average molecular weight is 376 g/mol. The van der Waals surface area contributed by atoms with Crippen molar-refractivity contribution < 1.29 is 17.9 Å². The fourth-order valence-corrected chi connectivity index (χ4v) is 3.30. The van der Waals surface area contributed by atoms with Crippen LogP contribution in [0.15, 0.2) is 58.4 Å². The molecule has 0 saturated carbocycles. The summed E-state index contributed by atoms with van der Waals surface area (Å²) in [6.45, 7) is 3.46. The first-order valence-corrected chi connectivity index (χ1v) is 9.20. The SMILES string of the molecule is CC(C)NS(=O)(=O)c1ccc(OC(=O)c2ccc(N=C(N)N)cc2)cc1. The van der Waals surface area contributed by atoms with Crippen molar-refractivity contribution in [1.29, 1.82) is 0 Å². The Labute approximate surface area is 151 Å². The summed E-state index contributed by atoms with van der Waals surface area (Å²) in [4.78, 5) is 16.1. The molecular weight excluding hydrogens is 356 g/mol. The molecule has 2 aromatic carbocycles. The Morgan fingerprint density at radius 2 is 1.62 bits per heavy atom. The Hall–Kier alpha value is -2.91. The number of nitrogens with two attached hydrogens (primary N) is 2. The molecule has 0 radical (unpaired) electrons. The number of esters is 1. The highest BCUT2D eigenvalue weighted by Gasteiger charge is 2.16. The van der Waals surface area contributed by atoms with Gasteiger partial charge >= 0.3 is 5.97 Å². The van der Waals surface area contributed by atoms with E-state index < -0.39 is 16.0 Å². The van der Waals surface area contributed by atoms with Crippen LogP contribution in [0.4, 0.5) is 5.69 Å². The molecule has 0 aliphatic heterocycles. The highest BCUT2D eigenvalue weighted by molar-refractivity contribution is 7.89. The van der Waals surface area contributed by atoms with E-state index in [4.69, 9.17) is 16.2 Å². The van der Waals surface area contributed by atoms with E-state index in [1.165, 1.54) is 36.4 Å². The number of aliphatic imine (C=N–C) groups is 1. The molecule has 0 saturated heterocycles. The number of guanidine groups is 1. The summed E-state index contributed by atoms with van der Waals surface area (Å²) in [7, 11) is -3.60. The Morgan fingerprint density at radius 3 is 2.12 bits per heavy atom. The maximum atomic E-state index is 12.1. The lowest BCUT2D eigenvalue weighted by Gasteiger charge is -2.10. The summed E-state index contributed by atoms with van der Waals surface area (Å²) in [5, 5.41) is 0. The van der Waals surface area contributed by atoms with Crippen LogP contribution in [0.2, 0.25) is 0 Å². The third-order valence-corrected chi connectivity index (χ3v) is 4.77. The number of rotatable bonds is 6. The normalized spacial score (nSPS) is 11.2. The molecule has 0 unspecified atom stereocenters. The summed E-state index contributed by atoms with van der Waals surface area (Å²) in [6, 6.07) is 11.5. The molecule has 0 atom stereocenters. The molecule has 8 nitrogen and oxygen atoms in total. The van der Waals surface area contributed by atoms with Gasteiger partial charge in [-0.15, -0.1) is 0 Å². The van der Waals surface area contributed by atoms with Crippen LogP contribution in [-0.4, -0.2) is 26.4 Å². The topological polar surface area (TPSA) is 137 Å². The number of nitrogens with one attached hydrogen (secondary N) is 1. The molecule has 0 spiro atoms. The molecule has 9 heteroatoms. The maximum absolute atomic E-state index is 12.1. The fraction of sp³-hybridized carbons (Fsp3) is 0.176. The first kappa shape index (κ1) is 19.4. The molecule has 0 aromatic heterocycles. The van der Waals surface area contributed by atoms with Gasteiger partial charge in [-0.3, -0.25) is 0 Å². The predicted octanol–water partition coefficient (Wildman–Crippen LogP) is 1.50. The van der Waals surface area contributed by atoms with Crippen LogP contribution in [-0.2, 0) is 10.0 Å². The van der Waals surface area contributed by atoms with Crippen LogP contribution >= 0.6 is 0 Å². The van der Waals surface area contributed by atoms with Gasteiger partial charge in [-0.1, -0.05) is 0 Å². The van der Waals surface area contributed by atoms with E-state index in [9.17, 15) is 13.2 Å². The minimum Gasteiger partial charge on any atom is -0.423 e. The molecule has 0 aliphatic rings. The lowest BCUT2D eigenvalue weighted by molar-refractivity contribution is 0.0734. The number of ether oxygens (including phenoxy) is 1. The molecule has 0 fully saturated rings. The standard InChI is InChI=1S/C17H20N4O4S/c1-11(2)21-26(23,24)15-9-7-14(8-10-15)25-16(22)12-3-5-13(6-4-12)20-17(18)19/h3-11,21H,1-2H3,(H4,18,19,20). The Bertz CT molecular complexity index is 901. The molecular formula is C17H20N4O4S. The molecule has 138 valence electrons. The van der Waals surface area contributed by atoms with Gasteiger partial charge in [0, 0.05) is 6.04 Å². The lowest BCUT2D eigenvalue weighted by Crippen LogP contribution is -2.30. The van der Waals surface area contributed by atoms with E-state index in [2.05, 4.69) is 9.71 Å². The first-order valence-electron chi connectivity index (χ1n) is 7.71. The number of carbonyl (C=O) groups excluding carboxylic acids is 1. The molecule has 5 N–H and O–H groups in total. The second-order valence-corrected chi connectivity index (χ2v) is 7.43. The van der Waals surface area contributed by atoms with Gasteiger partial charge in [-0.05, 0) is 62.4 Å². The van der Waals surface area contributed by atoms with Crippen molar-refractivity contribution in [1.82, 2.24) is 4.72 Å². The molecule has 2 aromatic rings. The number of hydrogen-bond donors (Lipinski definition) is 3. The third-order valence-electron chi connectivity index (χ3n) is 3.10. The summed E-state index contributed by atoms with van der Waals surface area (Å²) >= 11 is 0. The van der Waals surface area contributed by atoms with Crippen LogP contribution in [0.3, 0.4) is 0 Å². The van der Waals surface area contributed by atoms with Gasteiger partial charge in [-0.25, -0.2) is 22.9 Å². The zero-order chi connectivity index (χ0) is 19.3. The maximum Gasteiger partial charge on any atom is 0.343 e. The second-order valence-electron chi connectivity index (χ2n) is 5.72. The molecule has 0 amide bonds. The summed E-state index contributed by atoms with van der Waals surface area (Å²) in [5.41, 5.74) is 11.4. The summed E-state index contributed by atoms with van der Waals surface area (Å²) < 4.78 is 31.8. The number of sulfonamides is 1. The van der Waals surface area contributed by atoms with E-state index in [-0.39, 0.29) is 22.6 Å². The van der Waals surface area contributed by atoms with Gasteiger partial charge in [0.05, 0.1) is 16.1 Å². The predicted molar refractivity (Wildman–Crippen MR) is 98.8 cm³/mol. The minimum absolute atomic E-state index is 0.0812. The first-order chi connectivity index (χ1) is 12.2. The molecule has 2 rings (SSSR count). The molecule has 26 heavy (non-hydrogen) atoms. The summed E-state index contributed by atoms with van der Waals surface area (Å²) in [6.07, 6.45) is 0. The zero-order valence-electron chi connectivity index (χ0n) is 14.3. The minimum atomic E-state index is -3.60. The third kappa shape index (κ3) is 5.30. The van der Waals surface area contributed by atoms with Gasteiger partial charge in [0.25, 0.3) is 0 Å². The molecule has 0 heterocycles. The van der Waals surface area contributed by atoms with E-state index >= 15 is 0 Å². The van der Waals surface area contributed by atoms with Gasteiger partial charge < -0.3 is 16.2 Å². The van der Waals surface area contributed by atoms with Crippen LogP contribution in [0.1, 0.15) is 24.2 Å². The number of nitrogens with zero attached hydrogens (tertiary/aromatic N) is 1. The van der Waals surface area contributed by atoms with Gasteiger partial charge in [0.1, 0.15) is 5.75 Å². The largest absolute Gasteiger partial charge is 0.423 e. The Morgan fingerprint density at radius 1 is 1.04 bits per heavy atom. The van der Waals surface area contributed by atoms with Crippen LogP contribution in [0, 0.1) is 0 Å². The molecule has 0 bridgehead atoms. The Balaban J connectivity index is 2.09. The van der Waals surface area contributed by atoms with E-state index in [0.29, 0.717) is 11.3 Å². The van der Waals surface area contributed by atoms with Crippen molar-refractivity contribution in [2.24, 2.45) is 16.5 Å². The van der Waals surface area contributed by atoms with Gasteiger partial charge in [0.2, 0.25) is 10.0 Å². The zero-order valence-corrected chi connectivity index (χ0v) is 15.2. The number of hydrogen-bond acceptors (Lipinski definition) is 5. The number of carbonyl (C=O) groups is 1. The average Bonchev–Trinajstić information content (AvgIpc) is 2.54. The van der Waals surface area contributed by atoms with Crippen LogP contribution in [0.5, 0.6) is 5.75 Å². The van der Waals surface area contributed by atoms with E-state index in [0.717, 1.165) is 0 Å². The monoisotopic (exact) mass is 376 g/mol. The molecule has 0 aliphatic carbocycles. The Kier molecular flexibility index (Phi) is 5.96. The van der Waals surface area contributed by atoms with Gasteiger partial charge in [-0.2, -0.15) is 0 Å². The van der Waals surface area contributed by atoms with Crippen molar-refractivity contribution in [3.8, 4) is 5.75 Å². The second kappa shape index (κ2) is 7.98. The fourth-order valence-electron chi connectivity index (χ4n) is 2.05. The number of benzene rings is 2. The van der Waals surface area contributed by atoms with E-state index in [1.807, 2.05) is 0 Å². The quantitative estimate of drug-likeness (QED) is 0.302. The van der Waals surface area contributed by atoms with Crippen molar-refractivity contribution >= 4 is 27.6 Å². The smallest absolute Gasteiger partial charge is 0.343 e. The highest BCUT2D eigenvalue weighted by atomic mass is 32.2. The van der Waals surface area contributed by atoms with Crippen LogP contribution < -0.4 is 20.9 Å². The van der Waals surface area contributed by atoms with Gasteiger partial charge in [0.15, 0.2) is 5.96 Å². The lowest BCUT2D eigenvalue weighted by atomic mass is 10.2. The van der Waals surface area contributed by atoms with Crippen molar-refractivity contribution in [3.63, 3.8) is 0 Å². The van der Waals surface area contributed by atoms with E-state index in [1.54, 1.807) is 26.0 Å². The van der Waals surface area contributed by atoms with Crippen molar-refractivity contribution in [3.05, 3.63) is 54.1 Å². The van der Waals surface area contributed by atoms with Crippen molar-refractivity contribution in [2.75, 3.05) is 0 Å². The van der Waals surface area contributed by atoms with Crippen LogP contribution in [0.25, 0.3) is 0 Å².